The lowest BCUT2D eigenvalue weighted by atomic mass is 9.60. The molecular formula is C17H31NO. The Hall–Kier alpha value is -0.0800. The average molecular weight is 265 g/mol. The van der Waals surface area contributed by atoms with Gasteiger partial charge in [-0.2, -0.15) is 0 Å². The van der Waals surface area contributed by atoms with Crippen molar-refractivity contribution in [3.63, 3.8) is 0 Å². The van der Waals surface area contributed by atoms with E-state index in [2.05, 4.69) is 12.2 Å². The van der Waals surface area contributed by atoms with E-state index in [4.69, 9.17) is 4.74 Å². The van der Waals surface area contributed by atoms with Crippen molar-refractivity contribution < 1.29 is 4.74 Å². The first-order chi connectivity index (χ1) is 9.35. The number of ether oxygens (including phenoxy) is 1. The molecule has 0 aromatic rings. The molecule has 3 aliphatic rings. The van der Waals surface area contributed by atoms with E-state index < -0.39 is 0 Å². The minimum atomic E-state index is 0.522. The Morgan fingerprint density at radius 3 is 2.53 bits per heavy atom. The molecule has 2 heteroatoms. The Morgan fingerprint density at radius 2 is 1.84 bits per heavy atom. The highest BCUT2D eigenvalue weighted by atomic mass is 16.5. The summed E-state index contributed by atoms with van der Waals surface area (Å²) in [6.07, 6.45) is 14.5. The van der Waals surface area contributed by atoms with Gasteiger partial charge in [-0.1, -0.05) is 32.6 Å². The van der Waals surface area contributed by atoms with E-state index in [-0.39, 0.29) is 0 Å². The van der Waals surface area contributed by atoms with E-state index in [1.807, 2.05) is 0 Å². The van der Waals surface area contributed by atoms with Gasteiger partial charge in [0.1, 0.15) is 0 Å². The van der Waals surface area contributed by atoms with Crippen molar-refractivity contribution in [3.05, 3.63) is 0 Å². The summed E-state index contributed by atoms with van der Waals surface area (Å²) in [5, 5.41) is 3.78. The number of hydrogen-bond donors (Lipinski definition) is 1. The zero-order valence-electron chi connectivity index (χ0n) is 12.6. The molecule has 1 N–H and O–H groups in total. The number of hydrogen-bond acceptors (Lipinski definition) is 2. The van der Waals surface area contributed by atoms with Gasteiger partial charge in [0.2, 0.25) is 0 Å². The molecule has 3 fully saturated rings. The van der Waals surface area contributed by atoms with E-state index in [1.165, 1.54) is 70.8 Å². The average Bonchev–Trinajstić information content (AvgIpc) is 3.09. The second-order valence-corrected chi connectivity index (χ2v) is 7.16. The number of rotatable bonds is 6. The van der Waals surface area contributed by atoms with Gasteiger partial charge in [-0.15, -0.1) is 0 Å². The minimum absolute atomic E-state index is 0.522. The van der Waals surface area contributed by atoms with Crippen molar-refractivity contribution >= 4 is 0 Å². The summed E-state index contributed by atoms with van der Waals surface area (Å²) in [6, 6.07) is 0.753. The molecule has 3 rings (SSSR count). The van der Waals surface area contributed by atoms with Gasteiger partial charge in [0.25, 0.3) is 0 Å². The fraction of sp³-hybridized carbons (Fsp3) is 1.00. The van der Waals surface area contributed by atoms with Crippen LogP contribution in [0.15, 0.2) is 0 Å². The summed E-state index contributed by atoms with van der Waals surface area (Å²) in [4.78, 5) is 0. The van der Waals surface area contributed by atoms with Crippen LogP contribution >= 0.6 is 0 Å². The van der Waals surface area contributed by atoms with Crippen molar-refractivity contribution in [2.75, 3.05) is 13.2 Å². The van der Waals surface area contributed by atoms with Gasteiger partial charge in [0.05, 0.1) is 6.10 Å². The van der Waals surface area contributed by atoms with Gasteiger partial charge in [-0.05, 0) is 51.0 Å². The Balaban J connectivity index is 1.50. The molecule has 0 heterocycles. The van der Waals surface area contributed by atoms with E-state index in [0.717, 1.165) is 18.6 Å². The van der Waals surface area contributed by atoms with Crippen LogP contribution in [0.25, 0.3) is 0 Å². The van der Waals surface area contributed by atoms with Gasteiger partial charge < -0.3 is 10.1 Å². The summed E-state index contributed by atoms with van der Waals surface area (Å²) in [6.45, 7) is 4.50. The molecule has 3 saturated carbocycles. The summed E-state index contributed by atoms with van der Waals surface area (Å²) in [5.41, 5.74) is 0.522. The second kappa shape index (κ2) is 6.13. The quantitative estimate of drug-likeness (QED) is 0.786. The Kier molecular flexibility index (Phi) is 4.48. The zero-order chi connectivity index (χ0) is 13.1. The third kappa shape index (κ3) is 2.71. The molecule has 0 aromatic carbocycles. The largest absolute Gasteiger partial charge is 0.377 e. The van der Waals surface area contributed by atoms with Crippen molar-refractivity contribution in [3.8, 4) is 0 Å². The normalized spacial score (nSPS) is 33.9. The molecule has 0 saturated heterocycles. The SMILES string of the molecule is CCCNC1CC(OCC2CCCC2)C12CCCC2. The lowest BCUT2D eigenvalue weighted by Gasteiger charge is -2.54. The monoisotopic (exact) mass is 265 g/mol. The molecule has 2 unspecified atom stereocenters. The van der Waals surface area contributed by atoms with Gasteiger partial charge in [0.15, 0.2) is 0 Å². The highest BCUT2D eigenvalue weighted by Crippen LogP contribution is 2.54. The zero-order valence-corrected chi connectivity index (χ0v) is 12.6. The van der Waals surface area contributed by atoms with Crippen LogP contribution < -0.4 is 5.32 Å². The van der Waals surface area contributed by atoms with Crippen LogP contribution in [-0.4, -0.2) is 25.3 Å². The molecule has 1 spiro atoms. The second-order valence-electron chi connectivity index (χ2n) is 7.16. The van der Waals surface area contributed by atoms with Crippen LogP contribution in [0, 0.1) is 11.3 Å². The summed E-state index contributed by atoms with van der Waals surface area (Å²) in [7, 11) is 0. The molecule has 2 nitrogen and oxygen atoms in total. The molecule has 3 aliphatic carbocycles. The Morgan fingerprint density at radius 1 is 1.11 bits per heavy atom. The van der Waals surface area contributed by atoms with Gasteiger partial charge in [-0.25, -0.2) is 0 Å². The van der Waals surface area contributed by atoms with E-state index in [9.17, 15) is 0 Å². The number of nitrogens with one attached hydrogen (secondary N) is 1. The van der Waals surface area contributed by atoms with Crippen molar-refractivity contribution in [1.82, 2.24) is 5.32 Å². The van der Waals surface area contributed by atoms with Gasteiger partial charge >= 0.3 is 0 Å². The highest BCUT2D eigenvalue weighted by molar-refractivity contribution is 5.10. The summed E-state index contributed by atoms with van der Waals surface area (Å²) >= 11 is 0. The molecule has 0 aromatic heterocycles. The molecule has 110 valence electrons. The topological polar surface area (TPSA) is 21.3 Å². The lowest BCUT2D eigenvalue weighted by molar-refractivity contribution is -0.140. The van der Waals surface area contributed by atoms with Crippen molar-refractivity contribution in [2.24, 2.45) is 11.3 Å². The molecule has 19 heavy (non-hydrogen) atoms. The Bertz CT molecular complexity index is 279. The molecule has 0 aliphatic heterocycles. The first-order valence-corrected chi connectivity index (χ1v) is 8.70. The summed E-state index contributed by atoms with van der Waals surface area (Å²) in [5.74, 6) is 0.876. The summed E-state index contributed by atoms with van der Waals surface area (Å²) < 4.78 is 6.37. The molecule has 0 amide bonds. The lowest BCUT2D eigenvalue weighted by Crippen LogP contribution is -2.62. The molecule has 0 bridgehead atoms. The van der Waals surface area contributed by atoms with Crippen LogP contribution in [0.3, 0.4) is 0 Å². The molecule has 0 radical (unpaired) electrons. The van der Waals surface area contributed by atoms with Crippen LogP contribution in [0.5, 0.6) is 0 Å². The highest BCUT2D eigenvalue weighted by Gasteiger charge is 2.56. The molecule has 2 atom stereocenters. The maximum atomic E-state index is 6.37. The van der Waals surface area contributed by atoms with Crippen LogP contribution in [0.1, 0.15) is 71.1 Å². The fourth-order valence-corrected chi connectivity index (χ4v) is 4.72. The first-order valence-electron chi connectivity index (χ1n) is 8.70. The fourth-order valence-electron chi connectivity index (χ4n) is 4.72. The standard InChI is InChI=1S/C17H31NO/c1-2-11-18-15-12-16(17(15)9-5-6-10-17)19-13-14-7-3-4-8-14/h14-16,18H,2-13H2,1H3. The minimum Gasteiger partial charge on any atom is -0.377 e. The third-order valence-corrected chi connectivity index (χ3v) is 5.97. The maximum absolute atomic E-state index is 6.37. The Labute approximate surface area is 118 Å². The first kappa shape index (κ1) is 13.9. The van der Waals surface area contributed by atoms with Crippen molar-refractivity contribution in [2.45, 2.75) is 83.3 Å². The van der Waals surface area contributed by atoms with E-state index in [0.29, 0.717) is 11.5 Å². The maximum Gasteiger partial charge on any atom is 0.0661 e. The molecular weight excluding hydrogens is 234 g/mol. The predicted octanol–water partition coefficient (Wildman–Crippen LogP) is 3.89. The van der Waals surface area contributed by atoms with E-state index in [1.54, 1.807) is 0 Å². The third-order valence-electron chi connectivity index (χ3n) is 5.97. The smallest absolute Gasteiger partial charge is 0.0661 e. The predicted molar refractivity (Wildman–Crippen MR) is 79.3 cm³/mol. The van der Waals surface area contributed by atoms with Gasteiger partial charge in [-0.3, -0.25) is 0 Å². The van der Waals surface area contributed by atoms with E-state index >= 15 is 0 Å². The van der Waals surface area contributed by atoms with Crippen LogP contribution in [-0.2, 0) is 4.74 Å². The van der Waals surface area contributed by atoms with Gasteiger partial charge in [0, 0.05) is 18.1 Å². The van der Waals surface area contributed by atoms with Crippen molar-refractivity contribution in [1.29, 1.82) is 0 Å². The van der Waals surface area contributed by atoms with Crippen LogP contribution in [0.2, 0.25) is 0 Å². The van der Waals surface area contributed by atoms with Crippen LogP contribution in [0.4, 0.5) is 0 Å².